The highest BCUT2D eigenvalue weighted by Crippen LogP contribution is 2.22. The van der Waals surface area contributed by atoms with Crippen LogP contribution in [0.4, 0.5) is 5.82 Å². The summed E-state index contributed by atoms with van der Waals surface area (Å²) in [5.41, 5.74) is 0.987. The Labute approximate surface area is 125 Å². The highest BCUT2D eigenvalue weighted by atomic mass is 15.4. The van der Waals surface area contributed by atoms with Gasteiger partial charge in [0.15, 0.2) is 0 Å². The molecule has 1 saturated heterocycles. The average Bonchev–Trinajstić information content (AvgIpc) is 2.93. The van der Waals surface area contributed by atoms with Gasteiger partial charge in [-0.05, 0) is 52.6 Å². The molecule has 0 bridgehead atoms. The SMILES string of the molecule is Cc1cc(N(CC2CCNCC2)C(C)C)n2ncnc2n1. The minimum atomic E-state index is 0.425. The molecule has 2 aromatic heterocycles. The zero-order valence-electron chi connectivity index (χ0n) is 13.1. The van der Waals surface area contributed by atoms with Crippen molar-refractivity contribution in [2.45, 2.75) is 39.7 Å². The predicted molar refractivity (Wildman–Crippen MR) is 83.6 cm³/mol. The summed E-state index contributed by atoms with van der Waals surface area (Å²) >= 11 is 0. The minimum absolute atomic E-state index is 0.425. The maximum atomic E-state index is 4.44. The van der Waals surface area contributed by atoms with Gasteiger partial charge in [0, 0.05) is 24.3 Å². The van der Waals surface area contributed by atoms with Crippen LogP contribution in [0.15, 0.2) is 12.4 Å². The molecule has 2 aromatic rings. The Bertz CT molecular complexity index is 599. The van der Waals surface area contributed by atoms with Crippen molar-refractivity contribution in [3.63, 3.8) is 0 Å². The van der Waals surface area contributed by atoms with Gasteiger partial charge in [0.05, 0.1) is 0 Å². The number of aryl methyl sites for hydroxylation is 1. The number of rotatable bonds is 4. The summed E-state index contributed by atoms with van der Waals surface area (Å²) in [6.45, 7) is 9.81. The van der Waals surface area contributed by atoms with Crippen LogP contribution in [0.2, 0.25) is 0 Å². The van der Waals surface area contributed by atoms with E-state index in [1.807, 2.05) is 11.4 Å². The number of anilines is 1. The molecule has 3 rings (SSSR count). The average molecular weight is 288 g/mol. The Kier molecular flexibility index (Phi) is 4.05. The lowest BCUT2D eigenvalue weighted by Gasteiger charge is -2.34. The van der Waals surface area contributed by atoms with Gasteiger partial charge in [-0.1, -0.05) is 0 Å². The van der Waals surface area contributed by atoms with E-state index in [-0.39, 0.29) is 0 Å². The summed E-state index contributed by atoms with van der Waals surface area (Å²) in [7, 11) is 0. The van der Waals surface area contributed by atoms with E-state index in [1.165, 1.54) is 12.8 Å². The third-order valence-electron chi connectivity index (χ3n) is 4.19. The van der Waals surface area contributed by atoms with Gasteiger partial charge in [-0.25, -0.2) is 4.98 Å². The number of hydrogen-bond acceptors (Lipinski definition) is 5. The van der Waals surface area contributed by atoms with Crippen molar-refractivity contribution in [3.8, 4) is 0 Å². The number of hydrogen-bond donors (Lipinski definition) is 1. The Hall–Kier alpha value is -1.69. The van der Waals surface area contributed by atoms with Crippen LogP contribution < -0.4 is 10.2 Å². The van der Waals surface area contributed by atoms with Gasteiger partial charge in [0.1, 0.15) is 12.1 Å². The Morgan fingerprint density at radius 1 is 1.38 bits per heavy atom. The molecule has 0 aromatic carbocycles. The number of nitrogens with one attached hydrogen (secondary N) is 1. The van der Waals surface area contributed by atoms with E-state index in [9.17, 15) is 0 Å². The molecule has 0 atom stereocenters. The van der Waals surface area contributed by atoms with E-state index in [2.05, 4.69) is 45.2 Å². The fourth-order valence-electron chi connectivity index (χ4n) is 3.03. The first-order valence-corrected chi connectivity index (χ1v) is 7.80. The topological polar surface area (TPSA) is 58.4 Å². The molecular weight excluding hydrogens is 264 g/mol. The van der Waals surface area contributed by atoms with Crippen molar-refractivity contribution in [1.29, 1.82) is 0 Å². The van der Waals surface area contributed by atoms with Gasteiger partial charge in [-0.2, -0.15) is 14.6 Å². The number of piperidine rings is 1. The predicted octanol–water partition coefficient (Wildman–Crippen LogP) is 1.65. The van der Waals surface area contributed by atoms with E-state index in [4.69, 9.17) is 0 Å². The molecule has 0 radical (unpaired) electrons. The summed E-state index contributed by atoms with van der Waals surface area (Å²) in [5, 5.41) is 7.78. The van der Waals surface area contributed by atoms with Crippen LogP contribution in [-0.2, 0) is 0 Å². The molecule has 0 saturated carbocycles. The van der Waals surface area contributed by atoms with Gasteiger partial charge < -0.3 is 10.2 Å². The maximum absolute atomic E-state index is 4.44. The zero-order chi connectivity index (χ0) is 14.8. The third kappa shape index (κ3) is 3.00. The lowest BCUT2D eigenvalue weighted by molar-refractivity contribution is 0.366. The molecule has 3 heterocycles. The molecule has 1 fully saturated rings. The van der Waals surface area contributed by atoms with Crippen LogP contribution >= 0.6 is 0 Å². The summed E-state index contributed by atoms with van der Waals surface area (Å²) in [6, 6.07) is 2.54. The summed E-state index contributed by atoms with van der Waals surface area (Å²) < 4.78 is 1.86. The molecule has 0 amide bonds. The maximum Gasteiger partial charge on any atom is 0.254 e. The number of nitrogens with zero attached hydrogens (tertiary/aromatic N) is 5. The lowest BCUT2D eigenvalue weighted by atomic mass is 9.97. The molecule has 21 heavy (non-hydrogen) atoms. The van der Waals surface area contributed by atoms with Crippen LogP contribution in [0.5, 0.6) is 0 Å². The zero-order valence-corrected chi connectivity index (χ0v) is 13.1. The van der Waals surface area contributed by atoms with Crippen LogP contribution in [0.3, 0.4) is 0 Å². The molecule has 0 unspecified atom stereocenters. The minimum Gasteiger partial charge on any atom is -0.354 e. The third-order valence-corrected chi connectivity index (χ3v) is 4.19. The quantitative estimate of drug-likeness (QED) is 0.927. The monoisotopic (exact) mass is 288 g/mol. The van der Waals surface area contributed by atoms with Crippen LogP contribution in [-0.4, -0.2) is 45.3 Å². The first-order chi connectivity index (χ1) is 10.1. The van der Waals surface area contributed by atoms with Crippen LogP contribution in [0, 0.1) is 12.8 Å². The fourth-order valence-corrected chi connectivity index (χ4v) is 3.03. The van der Waals surface area contributed by atoms with Gasteiger partial charge >= 0.3 is 0 Å². The molecule has 6 heteroatoms. The standard InChI is InChI=1S/C15H24N6/c1-11(2)20(9-13-4-6-16-7-5-13)14-8-12(3)19-15-17-10-18-21(14)15/h8,10-11,13,16H,4-7,9H2,1-3H3. The summed E-state index contributed by atoms with van der Waals surface area (Å²) in [5.74, 6) is 2.52. The van der Waals surface area contributed by atoms with Gasteiger partial charge in [-0.3, -0.25) is 0 Å². The van der Waals surface area contributed by atoms with Gasteiger partial charge in [0.2, 0.25) is 0 Å². The second kappa shape index (κ2) is 5.97. The van der Waals surface area contributed by atoms with Crippen molar-refractivity contribution in [2.75, 3.05) is 24.5 Å². The molecule has 0 spiro atoms. The lowest BCUT2D eigenvalue weighted by Crippen LogP contribution is -2.40. The smallest absolute Gasteiger partial charge is 0.254 e. The molecule has 1 aliphatic heterocycles. The summed E-state index contributed by atoms with van der Waals surface area (Å²) in [4.78, 5) is 11.1. The molecule has 1 N–H and O–H groups in total. The summed E-state index contributed by atoms with van der Waals surface area (Å²) in [6.07, 6.45) is 4.07. The van der Waals surface area contributed by atoms with E-state index in [0.717, 1.165) is 37.1 Å². The Balaban J connectivity index is 1.93. The molecule has 6 nitrogen and oxygen atoms in total. The second-order valence-corrected chi connectivity index (χ2v) is 6.17. The van der Waals surface area contributed by atoms with E-state index in [1.54, 1.807) is 6.33 Å². The van der Waals surface area contributed by atoms with Crippen LogP contribution in [0.25, 0.3) is 5.78 Å². The molecule has 1 aliphatic rings. The largest absolute Gasteiger partial charge is 0.354 e. The Morgan fingerprint density at radius 3 is 2.86 bits per heavy atom. The highest BCUT2D eigenvalue weighted by Gasteiger charge is 2.22. The highest BCUT2D eigenvalue weighted by molar-refractivity contribution is 5.47. The van der Waals surface area contributed by atoms with Crippen molar-refractivity contribution in [2.24, 2.45) is 5.92 Å². The second-order valence-electron chi connectivity index (χ2n) is 6.17. The molecule has 114 valence electrons. The van der Waals surface area contributed by atoms with Crippen molar-refractivity contribution < 1.29 is 0 Å². The van der Waals surface area contributed by atoms with Gasteiger partial charge in [0.25, 0.3) is 5.78 Å². The van der Waals surface area contributed by atoms with Crippen molar-refractivity contribution in [1.82, 2.24) is 24.9 Å². The fraction of sp³-hybridized carbons (Fsp3) is 0.667. The van der Waals surface area contributed by atoms with Crippen molar-refractivity contribution in [3.05, 3.63) is 18.1 Å². The van der Waals surface area contributed by atoms with Crippen LogP contribution in [0.1, 0.15) is 32.4 Å². The first-order valence-electron chi connectivity index (χ1n) is 7.80. The number of aromatic nitrogens is 4. The van der Waals surface area contributed by atoms with E-state index < -0.39 is 0 Å². The van der Waals surface area contributed by atoms with Crippen molar-refractivity contribution >= 4 is 11.6 Å². The Morgan fingerprint density at radius 2 is 2.14 bits per heavy atom. The first kappa shape index (κ1) is 14.3. The molecular formula is C15H24N6. The number of fused-ring (bicyclic) bond motifs is 1. The van der Waals surface area contributed by atoms with Gasteiger partial charge in [-0.15, -0.1) is 0 Å². The normalized spacial score (nSPS) is 16.8. The van der Waals surface area contributed by atoms with E-state index in [0.29, 0.717) is 11.8 Å². The molecule has 0 aliphatic carbocycles. The van der Waals surface area contributed by atoms with E-state index >= 15 is 0 Å².